The van der Waals surface area contributed by atoms with Gasteiger partial charge in [0, 0.05) is 9.35 Å². The van der Waals surface area contributed by atoms with Crippen molar-refractivity contribution in [3.05, 3.63) is 32.2 Å². The highest BCUT2D eigenvalue weighted by Gasteiger charge is 2.08. The van der Waals surface area contributed by atoms with Crippen LogP contribution in [0.15, 0.2) is 27.4 Å². The Balaban J connectivity index is 1.90. The molecule has 3 N–H and O–H groups in total. The van der Waals surface area contributed by atoms with E-state index in [4.69, 9.17) is 5.73 Å². The number of thiophene rings is 2. The van der Waals surface area contributed by atoms with Gasteiger partial charge in [0.05, 0.1) is 11.9 Å². The number of nitrogens with one attached hydrogen (secondary N) is 1. The Morgan fingerprint density at radius 1 is 1.22 bits per heavy atom. The van der Waals surface area contributed by atoms with Crippen LogP contribution < -0.4 is 11.1 Å². The average Bonchev–Trinajstić information content (AvgIpc) is 2.94. The van der Waals surface area contributed by atoms with Gasteiger partial charge in [-0.15, -0.1) is 22.7 Å². The molecular weight excluding hydrogens is 332 g/mol. The molecule has 0 atom stereocenters. The minimum atomic E-state index is 0.303. The molecule has 0 unspecified atom stereocenters. The van der Waals surface area contributed by atoms with Crippen LogP contribution in [0, 0.1) is 0 Å². The average molecular weight is 341 g/mol. The van der Waals surface area contributed by atoms with Crippen molar-refractivity contribution in [3.8, 4) is 0 Å². The van der Waals surface area contributed by atoms with Crippen LogP contribution in [-0.4, -0.2) is 9.97 Å². The maximum atomic E-state index is 5.70. The van der Waals surface area contributed by atoms with Gasteiger partial charge in [0.25, 0.3) is 0 Å². The summed E-state index contributed by atoms with van der Waals surface area (Å²) in [6.07, 6.45) is 0. The molecule has 18 heavy (non-hydrogen) atoms. The molecule has 0 radical (unpaired) electrons. The Bertz CT molecular complexity index is 691. The number of halogens is 1. The highest BCUT2D eigenvalue weighted by molar-refractivity contribution is 9.10. The molecule has 0 aliphatic heterocycles. The van der Waals surface area contributed by atoms with Crippen LogP contribution in [0.1, 0.15) is 4.88 Å². The van der Waals surface area contributed by atoms with E-state index in [0.29, 0.717) is 5.95 Å². The number of fused-ring (bicyclic) bond motifs is 1. The van der Waals surface area contributed by atoms with E-state index in [0.717, 1.165) is 27.1 Å². The van der Waals surface area contributed by atoms with E-state index in [-0.39, 0.29) is 0 Å². The largest absolute Gasteiger partial charge is 0.368 e. The van der Waals surface area contributed by atoms with Crippen molar-refractivity contribution in [3.63, 3.8) is 0 Å². The summed E-state index contributed by atoms with van der Waals surface area (Å²) in [5.74, 6) is 1.09. The SMILES string of the molecule is Nc1nc(NCc2sccc2Br)c2ccsc2n1. The van der Waals surface area contributed by atoms with Crippen LogP contribution in [0.25, 0.3) is 10.2 Å². The van der Waals surface area contributed by atoms with Crippen LogP contribution in [0.2, 0.25) is 0 Å². The standard InChI is InChI=1S/C11H9BrN4S2/c12-7-2-4-17-8(7)5-14-9-6-1-3-18-10(6)16-11(13)15-9/h1-4H,5H2,(H3,13,14,15,16). The molecule has 0 aliphatic carbocycles. The van der Waals surface area contributed by atoms with E-state index in [1.165, 1.54) is 4.88 Å². The summed E-state index contributed by atoms with van der Waals surface area (Å²) in [4.78, 5) is 10.6. The van der Waals surface area contributed by atoms with E-state index in [2.05, 4.69) is 36.6 Å². The molecule has 92 valence electrons. The van der Waals surface area contributed by atoms with Crippen LogP contribution in [0.4, 0.5) is 11.8 Å². The lowest BCUT2D eigenvalue weighted by Crippen LogP contribution is -2.03. The van der Waals surface area contributed by atoms with Gasteiger partial charge in [-0.25, -0.2) is 4.98 Å². The summed E-state index contributed by atoms with van der Waals surface area (Å²) < 4.78 is 1.11. The topological polar surface area (TPSA) is 63.8 Å². The fraction of sp³-hybridized carbons (Fsp3) is 0.0909. The first kappa shape index (κ1) is 11.9. The van der Waals surface area contributed by atoms with Crippen molar-refractivity contribution in [2.45, 2.75) is 6.54 Å². The quantitative estimate of drug-likeness (QED) is 0.762. The highest BCUT2D eigenvalue weighted by atomic mass is 79.9. The van der Waals surface area contributed by atoms with E-state index in [1.54, 1.807) is 22.7 Å². The number of rotatable bonds is 3. The van der Waals surface area contributed by atoms with Crippen LogP contribution in [0.3, 0.4) is 0 Å². The summed E-state index contributed by atoms with van der Waals surface area (Å²) in [7, 11) is 0. The van der Waals surface area contributed by atoms with E-state index >= 15 is 0 Å². The van der Waals surface area contributed by atoms with Gasteiger partial charge in [-0.05, 0) is 38.8 Å². The molecule has 0 amide bonds. The maximum Gasteiger partial charge on any atom is 0.223 e. The molecule has 3 heterocycles. The van der Waals surface area contributed by atoms with Gasteiger partial charge < -0.3 is 11.1 Å². The Morgan fingerprint density at radius 2 is 2.06 bits per heavy atom. The molecule has 0 aliphatic rings. The van der Waals surface area contributed by atoms with E-state index < -0.39 is 0 Å². The van der Waals surface area contributed by atoms with Crippen LogP contribution in [0.5, 0.6) is 0 Å². The molecule has 0 spiro atoms. The maximum absolute atomic E-state index is 5.70. The summed E-state index contributed by atoms with van der Waals surface area (Å²) in [5.41, 5.74) is 5.70. The monoisotopic (exact) mass is 340 g/mol. The molecule has 0 bridgehead atoms. The Morgan fingerprint density at radius 3 is 2.83 bits per heavy atom. The lowest BCUT2D eigenvalue weighted by molar-refractivity contribution is 1.13. The second-order valence-electron chi connectivity index (χ2n) is 3.62. The molecule has 0 fully saturated rings. The molecule has 3 aromatic rings. The molecule has 7 heteroatoms. The molecule has 3 aromatic heterocycles. The fourth-order valence-electron chi connectivity index (χ4n) is 1.62. The number of nitrogens with zero attached hydrogens (tertiary/aromatic N) is 2. The van der Waals surface area contributed by atoms with Gasteiger partial charge in [-0.3, -0.25) is 0 Å². The van der Waals surface area contributed by atoms with Crippen molar-refractivity contribution in [1.82, 2.24) is 9.97 Å². The first-order valence-electron chi connectivity index (χ1n) is 5.20. The minimum absolute atomic E-state index is 0.303. The number of nitrogen functional groups attached to an aromatic ring is 1. The van der Waals surface area contributed by atoms with Crippen molar-refractivity contribution in [2.24, 2.45) is 0 Å². The first-order chi connectivity index (χ1) is 8.74. The van der Waals surface area contributed by atoms with Crippen molar-refractivity contribution in [1.29, 1.82) is 0 Å². The summed E-state index contributed by atoms with van der Waals surface area (Å²) in [5, 5.41) is 8.37. The Hall–Kier alpha value is -1.18. The highest BCUT2D eigenvalue weighted by Crippen LogP contribution is 2.28. The van der Waals surface area contributed by atoms with Crippen molar-refractivity contribution < 1.29 is 0 Å². The van der Waals surface area contributed by atoms with Crippen LogP contribution in [-0.2, 0) is 6.54 Å². The molecule has 3 rings (SSSR count). The fourth-order valence-corrected chi connectivity index (χ4v) is 3.83. The van der Waals surface area contributed by atoms with Gasteiger partial charge in [0.15, 0.2) is 0 Å². The molecule has 0 saturated carbocycles. The summed E-state index contributed by atoms with van der Waals surface area (Å²) in [6, 6.07) is 4.04. The predicted octanol–water partition coefficient (Wildman–Crippen LogP) is 3.71. The van der Waals surface area contributed by atoms with Gasteiger partial charge >= 0.3 is 0 Å². The normalized spacial score (nSPS) is 10.9. The predicted molar refractivity (Wildman–Crippen MR) is 81.2 cm³/mol. The Kier molecular flexibility index (Phi) is 3.19. The van der Waals surface area contributed by atoms with Crippen LogP contribution >= 0.6 is 38.6 Å². The molecule has 4 nitrogen and oxygen atoms in total. The number of hydrogen-bond donors (Lipinski definition) is 2. The van der Waals surface area contributed by atoms with Gasteiger partial charge in [0.1, 0.15) is 10.6 Å². The third-order valence-corrected chi connectivity index (χ3v) is 5.18. The molecule has 0 aromatic carbocycles. The number of aromatic nitrogens is 2. The summed E-state index contributed by atoms with van der Waals surface area (Å²) >= 11 is 6.77. The zero-order valence-corrected chi connectivity index (χ0v) is 12.4. The van der Waals surface area contributed by atoms with Gasteiger partial charge in [-0.1, -0.05) is 0 Å². The third kappa shape index (κ3) is 2.21. The lowest BCUT2D eigenvalue weighted by atomic mass is 10.3. The zero-order valence-electron chi connectivity index (χ0n) is 9.18. The first-order valence-corrected chi connectivity index (χ1v) is 7.76. The van der Waals surface area contributed by atoms with Crippen molar-refractivity contribution >= 4 is 60.6 Å². The third-order valence-electron chi connectivity index (χ3n) is 2.45. The minimum Gasteiger partial charge on any atom is -0.368 e. The summed E-state index contributed by atoms with van der Waals surface area (Å²) in [6.45, 7) is 0.722. The second-order valence-corrected chi connectivity index (χ2v) is 6.36. The van der Waals surface area contributed by atoms with Gasteiger partial charge in [-0.2, -0.15) is 4.98 Å². The second kappa shape index (κ2) is 4.83. The zero-order chi connectivity index (χ0) is 12.5. The van der Waals surface area contributed by atoms with Gasteiger partial charge in [0.2, 0.25) is 5.95 Å². The smallest absolute Gasteiger partial charge is 0.223 e. The van der Waals surface area contributed by atoms with E-state index in [1.807, 2.05) is 17.5 Å². The Labute approximate surface area is 120 Å². The molecule has 0 saturated heterocycles. The molecular formula is C11H9BrN4S2. The van der Waals surface area contributed by atoms with E-state index in [9.17, 15) is 0 Å². The number of anilines is 2. The number of nitrogens with two attached hydrogens (primary N) is 1. The number of hydrogen-bond acceptors (Lipinski definition) is 6. The van der Waals surface area contributed by atoms with Crippen molar-refractivity contribution in [2.75, 3.05) is 11.1 Å². The lowest BCUT2D eigenvalue weighted by Gasteiger charge is -2.06.